The summed E-state index contributed by atoms with van der Waals surface area (Å²) in [7, 11) is 0. The highest BCUT2D eigenvalue weighted by atomic mass is 32.1. The van der Waals surface area contributed by atoms with Crippen LogP contribution in [0, 0.1) is 0 Å². The minimum Gasteiger partial charge on any atom is -0.380 e. The molecule has 0 aliphatic heterocycles. The van der Waals surface area contributed by atoms with Crippen molar-refractivity contribution < 1.29 is 9.90 Å². The van der Waals surface area contributed by atoms with Gasteiger partial charge in [-0.25, -0.2) is 4.98 Å². The van der Waals surface area contributed by atoms with Gasteiger partial charge in [-0.05, 0) is 25.7 Å². The van der Waals surface area contributed by atoms with Crippen LogP contribution in [0.4, 0.5) is 5.00 Å². The number of anilines is 1. The number of aromatic nitrogens is 1. The summed E-state index contributed by atoms with van der Waals surface area (Å²) >= 11 is 1.42. The van der Waals surface area contributed by atoms with Crippen LogP contribution in [0.1, 0.15) is 25.7 Å². The van der Waals surface area contributed by atoms with E-state index >= 15 is 0 Å². The Labute approximate surface area is 121 Å². The highest BCUT2D eigenvalue weighted by Crippen LogP contribution is 2.33. The van der Waals surface area contributed by atoms with Gasteiger partial charge in [0.15, 0.2) is 0 Å². The fourth-order valence-electron chi connectivity index (χ4n) is 2.46. The van der Waals surface area contributed by atoms with Crippen molar-refractivity contribution in [3.63, 3.8) is 0 Å². The summed E-state index contributed by atoms with van der Waals surface area (Å²) < 4.78 is 0. The van der Waals surface area contributed by atoms with Crippen molar-refractivity contribution in [2.45, 2.75) is 31.3 Å². The molecule has 104 valence electrons. The zero-order valence-electron chi connectivity index (χ0n) is 11.0. The standard InChI is InChI=1S/C15H16N2O2S/c18-14(15(19)8-4-5-9-15)17-12-10-16-13(20-12)11-6-2-1-3-7-11/h1-3,6-7,10,19H,4-5,8-9H2,(H,17,18). The van der Waals surface area contributed by atoms with Gasteiger partial charge in [0, 0.05) is 5.56 Å². The molecule has 1 heterocycles. The molecule has 1 aromatic heterocycles. The van der Waals surface area contributed by atoms with Gasteiger partial charge >= 0.3 is 0 Å². The predicted molar refractivity (Wildman–Crippen MR) is 79.6 cm³/mol. The van der Waals surface area contributed by atoms with Gasteiger partial charge in [0.25, 0.3) is 5.91 Å². The largest absolute Gasteiger partial charge is 0.380 e. The van der Waals surface area contributed by atoms with Crippen molar-refractivity contribution in [2.75, 3.05) is 5.32 Å². The van der Waals surface area contributed by atoms with E-state index in [2.05, 4.69) is 10.3 Å². The summed E-state index contributed by atoms with van der Waals surface area (Å²) in [6.45, 7) is 0. The van der Waals surface area contributed by atoms with Crippen LogP contribution in [0.15, 0.2) is 36.5 Å². The maximum atomic E-state index is 12.1. The van der Waals surface area contributed by atoms with Gasteiger partial charge < -0.3 is 10.4 Å². The molecule has 3 rings (SSSR count). The molecule has 1 fully saturated rings. The van der Waals surface area contributed by atoms with Crippen LogP contribution in [-0.4, -0.2) is 21.6 Å². The predicted octanol–water partition coefficient (Wildman–Crippen LogP) is 3.05. The molecule has 0 bridgehead atoms. The van der Waals surface area contributed by atoms with Crippen molar-refractivity contribution in [1.29, 1.82) is 0 Å². The first kappa shape index (κ1) is 13.3. The Morgan fingerprint density at radius 2 is 1.95 bits per heavy atom. The van der Waals surface area contributed by atoms with Gasteiger partial charge in [0.05, 0.1) is 6.20 Å². The molecule has 0 unspecified atom stereocenters. The molecule has 0 saturated heterocycles. The lowest BCUT2D eigenvalue weighted by Gasteiger charge is -2.19. The number of nitrogens with one attached hydrogen (secondary N) is 1. The van der Waals surface area contributed by atoms with Crippen LogP contribution >= 0.6 is 11.3 Å². The summed E-state index contributed by atoms with van der Waals surface area (Å²) in [6.07, 6.45) is 4.54. The lowest BCUT2D eigenvalue weighted by atomic mass is 10.0. The smallest absolute Gasteiger partial charge is 0.256 e. The van der Waals surface area contributed by atoms with Crippen LogP contribution in [0.2, 0.25) is 0 Å². The molecule has 1 saturated carbocycles. The zero-order valence-corrected chi connectivity index (χ0v) is 11.8. The summed E-state index contributed by atoms with van der Waals surface area (Å²) in [4.78, 5) is 16.4. The molecular formula is C15H16N2O2S. The van der Waals surface area contributed by atoms with E-state index in [0.717, 1.165) is 23.4 Å². The molecule has 0 radical (unpaired) electrons. The number of aliphatic hydroxyl groups is 1. The number of rotatable bonds is 3. The minimum atomic E-state index is -1.20. The Morgan fingerprint density at radius 1 is 1.25 bits per heavy atom. The summed E-state index contributed by atoms with van der Waals surface area (Å²) in [5.41, 5.74) is -0.172. The van der Waals surface area contributed by atoms with Crippen molar-refractivity contribution in [2.24, 2.45) is 0 Å². The van der Waals surface area contributed by atoms with E-state index in [0.29, 0.717) is 17.8 Å². The van der Waals surface area contributed by atoms with E-state index in [1.165, 1.54) is 11.3 Å². The number of amides is 1. The van der Waals surface area contributed by atoms with Crippen molar-refractivity contribution in [1.82, 2.24) is 4.98 Å². The fraction of sp³-hybridized carbons (Fsp3) is 0.333. The topological polar surface area (TPSA) is 62.2 Å². The number of nitrogens with zero attached hydrogens (tertiary/aromatic N) is 1. The number of carbonyl (C=O) groups is 1. The molecule has 0 spiro atoms. The lowest BCUT2D eigenvalue weighted by Crippen LogP contribution is -2.39. The first-order valence-corrected chi connectivity index (χ1v) is 7.54. The first-order valence-electron chi connectivity index (χ1n) is 6.72. The molecular weight excluding hydrogens is 272 g/mol. The summed E-state index contributed by atoms with van der Waals surface area (Å²) in [6, 6.07) is 9.83. The van der Waals surface area contributed by atoms with Gasteiger partial charge in [0.1, 0.15) is 15.6 Å². The number of thiazole rings is 1. The van der Waals surface area contributed by atoms with Gasteiger partial charge in [-0.1, -0.05) is 41.7 Å². The maximum Gasteiger partial charge on any atom is 0.256 e. The Hall–Kier alpha value is -1.72. The minimum absolute atomic E-state index is 0.307. The Balaban J connectivity index is 1.73. The number of benzene rings is 1. The average molecular weight is 288 g/mol. The Kier molecular flexibility index (Phi) is 3.54. The highest BCUT2D eigenvalue weighted by molar-refractivity contribution is 7.19. The van der Waals surface area contributed by atoms with Crippen molar-refractivity contribution in [3.05, 3.63) is 36.5 Å². The number of carbonyl (C=O) groups excluding carboxylic acids is 1. The lowest BCUT2D eigenvalue weighted by molar-refractivity contribution is -0.133. The van der Waals surface area contributed by atoms with E-state index < -0.39 is 5.60 Å². The van der Waals surface area contributed by atoms with E-state index in [1.807, 2.05) is 30.3 Å². The van der Waals surface area contributed by atoms with Crippen LogP contribution < -0.4 is 5.32 Å². The van der Waals surface area contributed by atoms with Crippen LogP contribution in [0.3, 0.4) is 0 Å². The fourth-order valence-corrected chi connectivity index (χ4v) is 3.28. The first-order chi connectivity index (χ1) is 9.67. The van der Waals surface area contributed by atoms with Crippen LogP contribution in [0.5, 0.6) is 0 Å². The SMILES string of the molecule is O=C(Nc1cnc(-c2ccccc2)s1)C1(O)CCCC1. The van der Waals surface area contributed by atoms with E-state index in [9.17, 15) is 9.90 Å². The summed E-state index contributed by atoms with van der Waals surface area (Å²) in [5, 5.41) is 14.5. The normalized spacial score (nSPS) is 17.1. The Bertz CT molecular complexity index is 603. The molecule has 1 aromatic carbocycles. The number of hydrogen-bond donors (Lipinski definition) is 2. The third kappa shape index (κ3) is 2.59. The van der Waals surface area contributed by atoms with Gasteiger partial charge in [-0.2, -0.15) is 0 Å². The zero-order chi connectivity index (χ0) is 14.0. The second-order valence-corrected chi connectivity index (χ2v) is 6.12. The Morgan fingerprint density at radius 3 is 2.65 bits per heavy atom. The second-order valence-electron chi connectivity index (χ2n) is 5.09. The van der Waals surface area contributed by atoms with Gasteiger partial charge in [0.2, 0.25) is 0 Å². The average Bonchev–Trinajstić information content (AvgIpc) is 3.10. The highest BCUT2D eigenvalue weighted by Gasteiger charge is 2.38. The van der Waals surface area contributed by atoms with Crippen molar-refractivity contribution in [3.8, 4) is 10.6 Å². The molecule has 5 heteroatoms. The monoisotopic (exact) mass is 288 g/mol. The second kappa shape index (κ2) is 5.34. The third-order valence-corrected chi connectivity index (χ3v) is 4.58. The quantitative estimate of drug-likeness (QED) is 0.912. The third-order valence-electron chi connectivity index (χ3n) is 3.62. The van der Waals surface area contributed by atoms with E-state index in [-0.39, 0.29) is 5.91 Å². The maximum absolute atomic E-state index is 12.1. The van der Waals surface area contributed by atoms with Crippen molar-refractivity contribution >= 4 is 22.2 Å². The molecule has 1 amide bonds. The molecule has 2 aromatic rings. The number of hydrogen-bond acceptors (Lipinski definition) is 4. The van der Waals surface area contributed by atoms with Crippen LogP contribution in [-0.2, 0) is 4.79 Å². The molecule has 2 N–H and O–H groups in total. The van der Waals surface area contributed by atoms with Crippen LogP contribution in [0.25, 0.3) is 10.6 Å². The van der Waals surface area contributed by atoms with Gasteiger partial charge in [-0.3, -0.25) is 4.79 Å². The summed E-state index contributed by atoms with van der Waals surface area (Å²) in [5.74, 6) is -0.307. The molecule has 4 nitrogen and oxygen atoms in total. The molecule has 20 heavy (non-hydrogen) atoms. The van der Waals surface area contributed by atoms with Gasteiger partial charge in [-0.15, -0.1) is 0 Å². The molecule has 1 aliphatic carbocycles. The molecule has 0 atom stereocenters. The van der Waals surface area contributed by atoms with E-state index in [4.69, 9.17) is 0 Å². The molecule has 1 aliphatic rings. The van der Waals surface area contributed by atoms with E-state index in [1.54, 1.807) is 6.20 Å².